The van der Waals surface area contributed by atoms with E-state index in [1.54, 1.807) is 18.9 Å². The van der Waals surface area contributed by atoms with Gasteiger partial charge in [-0.3, -0.25) is 14.4 Å². The molecule has 192 valence electrons. The summed E-state index contributed by atoms with van der Waals surface area (Å²) < 4.78 is 0. The number of fused-ring (bicyclic) bond motifs is 1. The molecule has 7 nitrogen and oxygen atoms in total. The van der Waals surface area contributed by atoms with Crippen LogP contribution < -0.4 is 16.0 Å². The molecule has 3 N–H and O–H groups in total. The summed E-state index contributed by atoms with van der Waals surface area (Å²) in [5.74, 6) is 0.0358. The lowest BCUT2D eigenvalue weighted by molar-refractivity contribution is -0.143. The average Bonchev–Trinajstić information content (AvgIpc) is 3.28. The van der Waals surface area contributed by atoms with Gasteiger partial charge in [0.05, 0.1) is 12.1 Å². The second kappa shape index (κ2) is 11.5. The highest BCUT2D eigenvalue weighted by Gasteiger charge is 2.43. The van der Waals surface area contributed by atoms with Gasteiger partial charge in [-0.05, 0) is 75.5 Å². The molecule has 1 aliphatic heterocycles. The molecule has 0 radical (unpaired) electrons. The number of carbonyl (C=O) groups excluding carboxylic acids is 3. The number of amides is 3. The molecule has 3 amide bonds. The molecule has 1 saturated carbocycles. The molecule has 3 aliphatic rings. The van der Waals surface area contributed by atoms with Crippen LogP contribution in [0.2, 0.25) is 0 Å². The standard InChI is InChI=1S/C28H42N4O3/c1-18-16-24(27(34)30-23-15-9-13-20-10-7-8-14-22(20)23)32(17-18)28(35)25(21-11-5-4-6-12-21)31-26(33)19(2)29-3/h7-8,10,14,18-19,21,23-25,29H,4-6,9,11-13,15-17H2,1-3H3,(H,30,34)(H,31,33)/t18-,19+,23-,24+,25+/m1/s1. The minimum Gasteiger partial charge on any atom is -0.347 e. The summed E-state index contributed by atoms with van der Waals surface area (Å²) in [6.07, 6.45) is 8.86. The van der Waals surface area contributed by atoms with Crippen molar-refractivity contribution in [2.45, 2.75) is 95.8 Å². The third kappa shape index (κ3) is 5.88. The average molecular weight is 483 g/mol. The van der Waals surface area contributed by atoms with E-state index < -0.39 is 12.1 Å². The van der Waals surface area contributed by atoms with Crippen LogP contribution in [0.5, 0.6) is 0 Å². The Kier molecular flexibility index (Phi) is 8.47. The molecule has 0 unspecified atom stereocenters. The number of nitrogens with zero attached hydrogens (tertiary/aromatic N) is 1. The Balaban J connectivity index is 1.51. The number of hydrogen-bond acceptors (Lipinski definition) is 4. The molecule has 35 heavy (non-hydrogen) atoms. The third-order valence-corrected chi connectivity index (χ3v) is 8.29. The maximum atomic E-state index is 14.0. The van der Waals surface area contributed by atoms with Gasteiger partial charge in [0.1, 0.15) is 12.1 Å². The summed E-state index contributed by atoms with van der Waals surface area (Å²) in [5, 5.41) is 9.31. The first-order chi connectivity index (χ1) is 16.9. The minimum absolute atomic E-state index is 0.00868. The van der Waals surface area contributed by atoms with Crippen LogP contribution in [-0.4, -0.2) is 54.3 Å². The fourth-order valence-electron chi connectivity index (χ4n) is 6.15. The molecule has 0 aromatic heterocycles. The number of carbonyl (C=O) groups is 3. The maximum absolute atomic E-state index is 14.0. The highest BCUT2D eigenvalue weighted by atomic mass is 16.2. The summed E-state index contributed by atoms with van der Waals surface area (Å²) in [5.41, 5.74) is 2.50. The van der Waals surface area contributed by atoms with Crippen LogP contribution in [0.25, 0.3) is 0 Å². The first-order valence-corrected chi connectivity index (χ1v) is 13.5. The summed E-state index contributed by atoms with van der Waals surface area (Å²) in [7, 11) is 1.74. The van der Waals surface area contributed by atoms with E-state index in [0.717, 1.165) is 44.9 Å². The van der Waals surface area contributed by atoms with E-state index >= 15 is 0 Å². The number of benzene rings is 1. The number of hydrogen-bond donors (Lipinski definition) is 3. The van der Waals surface area contributed by atoms with Crippen molar-refractivity contribution in [3.05, 3.63) is 35.4 Å². The topological polar surface area (TPSA) is 90.5 Å². The molecule has 5 atom stereocenters. The molecule has 0 bridgehead atoms. The van der Waals surface area contributed by atoms with E-state index in [4.69, 9.17) is 0 Å². The first-order valence-electron chi connectivity index (χ1n) is 13.5. The van der Waals surface area contributed by atoms with Gasteiger partial charge in [-0.2, -0.15) is 0 Å². The predicted molar refractivity (Wildman–Crippen MR) is 137 cm³/mol. The Bertz CT molecular complexity index is 913. The van der Waals surface area contributed by atoms with Crippen molar-refractivity contribution < 1.29 is 14.4 Å². The Labute approximate surface area is 209 Å². The van der Waals surface area contributed by atoms with Gasteiger partial charge in [-0.15, -0.1) is 0 Å². The lowest BCUT2D eigenvalue weighted by atomic mass is 9.83. The lowest BCUT2D eigenvalue weighted by Gasteiger charge is -2.35. The van der Waals surface area contributed by atoms with E-state index in [-0.39, 0.29) is 41.6 Å². The zero-order valence-corrected chi connectivity index (χ0v) is 21.5. The second-order valence-electron chi connectivity index (χ2n) is 10.9. The molecule has 0 spiro atoms. The Morgan fingerprint density at radius 2 is 1.77 bits per heavy atom. The van der Waals surface area contributed by atoms with Crippen LogP contribution >= 0.6 is 0 Å². The number of likely N-dealkylation sites (tertiary alicyclic amines) is 1. The SMILES string of the molecule is CN[C@@H](C)C(=O)N[C@H](C(=O)N1C[C@H](C)C[C@H]1C(=O)N[C@@H]1CCCc2ccccc21)C1CCCCC1. The fourth-order valence-corrected chi connectivity index (χ4v) is 6.15. The van der Waals surface area contributed by atoms with Gasteiger partial charge < -0.3 is 20.9 Å². The van der Waals surface area contributed by atoms with Gasteiger partial charge >= 0.3 is 0 Å². The largest absolute Gasteiger partial charge is 0.347 e. The Morgan fingerprint density at radius 1 is 1.03 bits per heavy atom. The van der Waals surface area contributed by atoms with Crippen LogP contribution in [0.1, 0.15) is 82.4 Å². The van der Waals surface area contributed by atoms with Crippen molar-refractivity contribution in [1.82, 2.24) is 20.9 Å². The van der Waals surface area contributed by atoms with Gasteiger partial charge in [-0.25, -0.2) is 0 Å². The second-order valence-corrected chi connectivity index (χ2v) is 10.9. The summed E-state index contributed by atoms with van der Waals surface area (Å²) in [6, 6.07) is 6.88. The van der Waals surface area contributed by atoms with Crippen LogP contribution in [0.3, 0.4) is 0 Å². The summed E-state index contributed by atoms with van der Waals surface area (Å²) in [6.45, 7) is 4.45. The van der Waals surface area contributed by atoms with Crippen LogP contribution in [-0.2, 0) is 20.8 Å². The molecule has 1 aromatic rings. The molecular weight excluding hydrogens is 440 g/mol. The highest BCUT2D eigenvalue weighted by molar-refractivity contribution is 5.93. The van der Waals surface area contributed by atoms with Crippen molar-refractivity contribution in [2.24, 2.45) is 11.8 Å². The molecule has 2 aliphatic carbocycles. The van der Waals surface area contributed by atoms with Crippen molar-refractivity contribution in [2.75, 3.05) is 13.6 Å². The number of likely N-dealkylation sites (N-methyl/N-ethyl adjacent to an activating group) is 1. The van der Waals surface area contributed by atoms with E-state index in [1.807, 2.05) is 6.07 Å². The molecule has 1 heterocycles. The first kappa shape index (κ1) is 25.7. The molecule has 1 saturated heterocycles. The van der Waals surface area contributed by atoms with Gasteiger partial charge in [0.25, 0.3) is 0 Å². The monoisotopic (exact) mass is 482 g/mol. The van der Waals surface area contributed by atoms with Crippen LogP contribution in [0.4, 0.5) is 0 Å². The zero-order valence-electron chi connectivity index (χ0n) is 21.5. The Hall–Kier alpha value is -2.41. The van der Waals surface area contributed by atoms with E-state index in [9.17, 15) is 14.4 Å². The lowest BCUT2D eigenvalue weighted by Crippen LogP contribution is -2.58. The fraction of sp³-hybridized carbons (Fsp3) is 0.679. The van der Waals surface area contributed by atoms with E-state index in [0.29, 0.717) is 13.0 Å². The number of nitrogens with one attached hydrogen (secondary N) is 3. The van der Waals surface area contributed by atoms with E-state index in [2.05, 4.69) is 41.1 Å². The quantitative estimate of drug-likeness (QED) is 0.557. The van der Waals surface area contributed by atoms with Crippen molar-refractivity contribution in [3.63, 3.8) is 0 Å². The van der Waals surface area contributed by atoms with Crippen LogP contribution in [0.15, 0.2) is 24.3 Å². The van der Waals surface area contributed by atoms with Crippen molar-refractivity contribution in [1.29, 1.82) is 0 Å². The van der Waals surface area contributed by atoms with Gasteiger partial charge in [0.15, 0.2) is 0 Å². The number of aryl methyl sites for hydroxylation is 1. The maximum Gasteiger partial charge on any atom is 0.246 e. The van der Waals surface area contributed by atoms with E-state index in [1.165, 1.54) is 17.5 Å². The minimum atomic E-state index is -0.574. The van der Waals surface area contributed by atoms with Crippen molar-refractivity contribution >= 4 is 17.7 Å². The van der Waals surface area contributed by atoms with Crippen LogP contribution in [0, 0.1) is 11.8 Å². The van der Waals surface area contributed by atoms with Gasteiger partial charge in [0.2, 0.25) is 17.7 Å². The number of rotatable bonds is 7. The zero-order chi connectivity index (χ0) is 24.9. The molecule has 4 rings (SSSR count). The summed E-state index contributed by atoms with van der Waals surface area (Å²) in [4.78, 5) is 42.1. The molecular formula is C28H42N4O3. The van der Waals surface area contributed by atoms with Crippen molar-refractivity contribution in [3.8, 4) is 0 Å². The summed E-state index contributed by atoms with van der Waals surface area (Å²) >= 11 is 0. The van der Waals surface area contributed by atoms with Gasteiger partial charge in [0, 0.05) is 6.54 Å². The normalized spacial score (nSPS) is 26.5. The molecule has 2 fully saturated rings. The van der Waals surface area contributed by atoms with Gasteiger partial charge in [-0.1, -0.05) is 50.5 Å². The predicted octanol–water partition coefficient (Wildman–Crippen LogP) is 3.09. The molecule has 1 aromatic carbocycles. The highest BCUT2D eigenvalue weighted by Crippen LogP contribution is 2.33. The Morgan fingerprint density at radius 3 is 2.51 bits per heavy atom. The smallest absolute Gasteiger partial charge is 0.246 e. The third-order valence-electron chi connectivity index (χ3n) is 8.29. The molecule has 7 heteroatoms.